The topological polar surface area (TPSA) is 108 Å². The molecule has 1 aromatic heterocycles. The normalized spacial score (nSPS) is 19.6. The third kappa shape index (κ3) is 4.33. The Bertz CT molecular complexity index is 1340. The van der Waals surface area contributed by atoms with Crippen molar-refractivity contribution < 1.29 is 23.4 Å². The van der Waals surface area contributed by atoms with Crippen molar-refractivity contribution in [3.8, 4) is 16.9 Å². The number of amides is 2. The van der Waals surface area contributed by atoms with Crippen molar-refractivity contribution in [1.29, 1.82) is 0 Å². The summed E-state index contributed by atoms with van der Waals surface area (Å²) in [5, 5.41) is 4.75. The highest BCUT2D eigenvalue weighted by molar-refractivity contribution is 8.23. The maximum absolute atomic E-state index is 13.5. The van der Waals surface area contributed by atoms with Gasteiger partial charge in [-0.3, -0.25) is 18.7 Å². The summed E-state index contributed by atoms with van der Waals surface area (Å²) in [4.78, 5) is 30.6. The highest BCUT2D eigenvalue weighted by Crippen LogP contribution is 2.59. The Morgan fingerprint density at radius 3 is 2.24 bits per heavy atom. The fourth-order valence-corrected chi connectivity index (χ4v) is 7.03. The molecule has 6 rings (SSSR count). The Labute approximate surface area is 217 Å². The predicted molar refractivity (Wildman–Crippen MR) is 140 cm³/mol. The molecule has 9 nitrogen and oxygen atoms in total. The van der Waals surface area contributed by atoms with Gasteiger partial charge in [0, 0.05) is 42.9 Å². The average molecular weight is 523 g/mol. The number of rotatable bonds is 3. The van der Waals surface area contributed by atoms with Crippen molar-refractivity contribution in [1.82, 2.24) is 19.6 Å². The molecule has 4 heterocycles. The second-order valence-corrected chi connectivity index (χ2v) is 11.8. The first kappa shape index (κ1) is 24.2. The first-order valence-electron chi connectivity index (χ1n) is 12.7. The van der Waals surface area contributed by atoms with Gasteiger partial charge in [-0.2, -0.15) is 15.7 Å². The predicted octanol–water partition coefficient (Wildman–Crippen LogP) is 4.26. The molecule has 3 aromatic rings. The van der Waals surface area contributed by atoms with Crippen molar-refractivity contribution in [2.75, 3.05) is 39.4 Å². The van der Waals surface area contributed by atoms with E-state index in [-0.39, 0.29) is 23.3 Å². The van der Waals surface area contributed by atoms with E-state index in [4.69, 9.17) is 9.84 Å². The van der Waals surface area contributed by atoms with E-state index in [0.29, 0.717) is 59.3 Å². The van der Waals surface area contributed by atoms with Crippen LogP contribution in [0.15, 0.2) is 53.4 Å². The first-order chi connectivity index (χ1) is 17.9. The van der Waals surface area contributed by atoms with Gasteiger partial charge in [-0.05, 0) is 49.6 Å². The molecule has 0 aliphatic carbocycles. The van der Waals surface area contributed by atoms with Crippen molar-refractivity contribution in [3.05, 3.63) is 65.4 Å². The van der Waals surface area contributed by atoms with Gasteiger partial charge in [-0.1, -0.05) is 18.2 Å². The minimum absolute atomic E-state index is 0.0243. The molecule has 0 bridgehead atoms. The minimum Gasteiger partial charge on any atom is -0.378 e. The monoisotopic (exact) mass is 522 g/mol. The van der Waals surface area contributed by atoms with Crippen LogP contribution in [0.1, 0.15) is 45.7 Å². The molecule has 0 radical (unpaired) electrons. The molecule has 10 heteroatoms. The summed E-state index contributed by atoms with van der Waals surface area (Å²) in [5.41, 5.74) is 3.38. The van der Waals surface area contributed by atoms with E-state index in [1.807, 2.05) is 29.2 Å². The summed E-state index contributed by atoms with van der Waals surface area (Å²) in [6.07, 6.45) is 3.22. The number of fused-ring (bicyclic) bond motifs is 3. The number of carbonyl (C=O) groups excluding carboxylic acids is 2. The van der Waals surface area contributed by atoms with Gasteiger partial charge in [-0.25, -0.2) is 4.68 Å². The number of hydrogen-bond donors (Lipinski definition) is 2. The molecule has 3 aliphatic heterocycles. The fraction of sp³-hybridized carbons (Fsp3) is 0.370. The zero-order chi connectivity index (χ0) is 25.6. The van der Waals surface area contributed by atoms with Crippen LogP contribution in [0.3, 0.4) is 0 Å². The Morgan fingerprint density at radius 2 is 1.51 bits per heavy atom. The second-order valence-electron chi connectivity index (χ2n) is 9.70. The number of ether oxygens (including phenoxy) is 1. The summed E-state index contributed by atoms with van der Waals surface area (Å²) in [7, 11) is -3.14. The minimum atomic E-state index is -3.14. The lowest BCUT2D eigenvalue weighted by atomic mass is 10.0. The standard InChI is InChI=1S/C27H30N4O5S/c32-26(29-12-4-1-5-13-29)19-8-10-20(11-9-19)31-25-21-6-2-3-7-23(21)37(34,35)18-22(25)24(28-31)27(33)30-14-16-36-17-15-30/h2-3,6-11,34-35H,1,4-5,12-18H2. The molecule has 0 spiro atoms. The Morgan fingerprint density at radius 1 is 0.838 bits per heavy atom. The number of aromatic nitrogens is 2. The van der Waals surface area contributed by atoms with E-state index >= 15 is 0 Å². The molecular weight excluding hydrogens is 492 g/mol. The lowest BCUT2D eigenvalue weighted by Gasteiger charge is -2.38. The summed E-state index contributed by atoms with van der Waals surface area (Å²) < 4.78 is 29.1. The van der Waals surface area contributed by atoms with Crippen molar-refractivity contribution >= 4 is 22.4 Å². The average Bonchev–Trinajstić information content (AvgIpc) is 3.32. The van der Waals surface area contributed by atoms with Crippen LogP contribution >= 0.6 is 10.6 Å². The number of likely N-dealkylation sites (tertiary alicyclic amines) is 1. The molecular formula is C27H30N4O5S. The van der Waals surface area contributed by atoms with Crippen LogP contribution in [0.2, 0.25) is 0 Å². The van der Waals surface area contributed by atoms with Gasteiger partial charge in [0.1, 0.15) is 0 Å². The zero-order valence-electron chi connectivity index (χ0n) is 20.5. The molecule has 3 aliphatic rings. The van der Waals surface area contributed by atoms with Crippen molar-refractivity contribution in [3.63, 3.8) is 0 Å². The maximum Gasteiger partial charge on any atom is 0.274 e. The molecule has 0 atom stereocenters. The van der Waals surface area contributed by atoms with Gasteiger partial charge in [0.15, 0.2) is 5.69 Å². The highest BCUT2D eigenvalue weighted by Gasteiger charge is 2.37. The molecule has 2 aromatic carbocycles. The Hall–Kier alpha value is -3.18. The van der Waals surface area contributed by atoms with E-state index in [9.17, 15) is 18.7 Å². The van der Waals surface area contributed by atoms with Gasteiger partial charge in [0.25, 0.3) is 11.8 Å². The van der Waals surface area contributed by atoms with Crippen LogP contribution in [-0.4, -0.2) is 79.9 Å². The molecule has 2 fully saturated rings. The third-order valence-corrected chi connectivity index (χ3v) is 9.08. The van der Waals surface area contributed by atoms with Crippen LogP contribution in [0.5, 0.6) is 0 Å². The molecule has 2 saturated heterocycles. The van der Waals surface area contributed by atoms with Gasteiger partial charge < -0.3 is 14.5 Å². The molecule has 194 valence electrons. The van der Waals surface area contributed by atoms with Crippen LogP contribution in [-0.2, 0) is 10.5 Å². The number of carbonyl (C=O) groups is 2. The number of piperidine rings is 1. The fourth-order valence-electron chi connectivity index (χ4n) is 5.39. The highest BCUT2D eigenvalue weighted by atomic mass is 32.3. The van der Waals surface area contributed by atoms with Gasteiger partial charge in [0.2, 0.25) is 0 Å². The number of hydrogen-bond acceptors (Lipinski definition) is 6. The summed E-state index contributed by atoms with van der Waals surface area (Å²) in [6, 6.07) is 14.4. The van der Waals surface area contributed by atoms with Crippen LogP contribution in [0, 0.1) is 0 Å². The molecule has 37 heavy (non-hydrogen) atoms. The summed E-state index contributed by atoms with van der Waals surface area (Å²) in [6.45, 7) is 3.40. The first-order valence-corrected chi connectivity index (χ1v) is 14.4. The van der Waals surface area contributed by atoms with E-state index in [1.54, 1.807) is 33.8 Å². The van der Waals surface area contributed by atoms with Gasteiger partial charge in [-0.15, -0.1) is 0 Å². The third-order valence-electron chi connectivity index (χ3n) is 7.33. The number of nitrogens with zero attached hydrogens (tertiary/aromatic N) is 4. The molecule has 0 unspecified atom stereocenters. The molecule has 0 saturated carbocycles. The Kier molecular flexibility index (Phi) is 6.28. The van der Waals surface area contributed by atoms with E-state index < -0.39 is 10.6 Å². The largest absolute Gasteiger partial charge is 0.378 e. The second kappa shape index (κ2) is 9.60. The lowest BCUT2D eigenvalue weighted by Crippen LogP contribution is -2.41. The summed E-state index contributed by atoms with van der Waals surface area (Å²) in [5.74, 6) is -0.294. The van der Waals surface area contributed by atoms with Crippen LogP contribution in [0.25, 0.3) is 16.9 Å². The smallest absolute Gasteiger partial charge is 0.274 e. The zero-order valence-corrected chi connectivity index (χ0v) is 21.3. The van der Waals surface area contributed by atoms with Crippen LogP contribution in [0.4, 0.5) is 0 Å². The summed E-state index contributed by atoms with van der Waals surface area (Å²) >= 11 is 0. The van der Waals surface area contributed by atoms with Gasteiger partial charge >= 0.3 is 0 Å². The lowest BCUT2D eigenvalue weighted by molar-refractivity contribution is 0.0298. The van der Waals surface area contributed by atoms with E-state index in [0.717, 1.165) is 32.4 Å². The Balaban J connectivity index is 1.43. The van der Waals surface area contributed by atoms with E-state index in [2.05, 4.69) is 0 Å². The quantitative estimate of drug-likeness (QED) is 0.532. The van der Waals surface area contributed by atoms with Gasteiger partial charge in [0.05, 0.1) is 35.2 Å². The SMILES string of the molecule is O=C(c1ccc(-n2nc(C(=O)N3CCOCC3)c3c2-c2ccccc2S(O)(O)C3)cc1)N1CCCCC1. The number of morpholine rings is 1. The number of benzene rings is 2. The molecule has 2 N–H and O–H groups in total. The van der Waals surface area contributed by atoms with Crippen molar-refractivity contribution in [2.24, 2.45) is 0 Å². The molecule has 2 amide bonds. The van der Waals surface area contributed by atoms with E-state index in [1.165, 1.54) is 0 Å². The van der Waals surface area contributed by atoms with Crippen molar-refractivity contribution in [2.45, 2.75) is 29.9 Å². The van der Waals surface area contributed by atoms with Crippen LogP contribution < -0.4 is 0 Å². The maximum atomic E-state index is 13.5.